The highest BCUT2D eigenvalue weighted by atomic mass is 32.2. The summed E-state index contributed by atoms with van der Waals surface area (Å²) in [5, 5.41) is 0. The Kier molecular flexibility index (Phi) is 9.74. The molecule has 0 fully saturated rings. The van der Waals surface area contributed by atoms with Gasteiger partial charge in [-0.05, 0) is 62.2 Å². The molecule has 9 heteroatoms. The van der Waals surface area contributed by atoms with E-state index < -0.39 is 21.8 Å². The zero-order valence-corrected chi connectivity index (χ0v) is 23.3. The van der Waals surface area contributed by atoms with E-state index in [0.29, 0.717) is 30.9 Å². The van der Waals surface area contributed by atoms with Gasteiger partial charge in [0.15, 0.2) is 0 Å². The molecule has 0 bridgehead atoms. The standard InChI is InChI=1S/C29H35FN2O5S/c1-6-31(7-2)23-13-12-22(20-32(19-21(3)4)29(33)26-10-8-9-11-27(26)30)28(18-23)37-38(34,35)25-16-14-24(36-5)15-17-25/h8-18,21H,6-7,19-20H2,1-5H3. The molecular weight excluding hydrogens is 507 g/mol. The zero-order chi connectivity index (χ0) is 27.9. The first-order valence-electron chi connectivity index (χ1n) is 12.6. The van der Waals surface area contributed by atoms with Gasteiger partial charge < -0.3 is 18.7 Å². The van der Waals surface area contributed by atoms with Crippen LogP contribution in [0.4, 0.5) is 10.1 Å². The quantitative estimate of drug-likeness (QED) is 0.272. The lowest BCUT2D eigenvalue weighted by molar-refractivity contribution is 0.0717. The third-order valence-corrected chi connectivity index (χ3v) is 7.31. The number of amides is 1. The Bertz CT molecular complexity index is 1340. The van der Waals surface area contributed by atoms with Crippen LogP contribution in [0.3, 0.4) is 0 Å². The molecule has 0 spiro atoms. The number of ether oxygens (including phenoxy) is 1. The summed E-state index contributed by atoms with van der Waals surface area (Å²) in [7, 11) is -2.70. The molecule has 0 saturated carbocycles. The van der Waals surface area contributed by atoms with Gasteiger partial charge in [0.05, 0.1) is 12.7 Å². The second-order valence-corrected chi connectivity index (χ2v) is 10.8. The normalized spacial score (nSPS) is 11.3. The maximum Gasteiger partial charge on any atom is 0.339 e. The van der Waals surface area contributed by atoms with E-state index in [-0.39, 0.29) is 28.7 Å². The molecule has 7 nitrogen and oxygen atoms in total. The summed E-state index contributed by atoms with van der Waals surface area (Å²) in [6.07, 6.45) is 0. The summed E-state index contributed by atoms with van der Waals surface area (Å²) in [5.74, 6) is -0.368. The molecule has 3 aromatic rings. The van der Waals surface area contributed by atoms with Gasteiger partial charge in [-0.15, -0.1) is 0 Å². The van der Waals surface area contributed by atoms with Gasteiger partial charge in [0.25, 0.3) is 5.91 Å². The number of hydrogen-bond donors (Lipinski definition) is 0. The van der Waals surface area contributed by atoms with Gasteiger partial charge in [-0.1, -0.05) is 32.0 Å². The van der Waals surface area contributed by atoms with Crippen LogP contribution in [0.1, 0.15) is 43.6 Å². The van der Waals surface area contributed by atoms with Crippen LogP contribution >= 0.6 is 0 Å². The lowest BCUT2D eigenvalue weighted by Crippen LogP contribution is -2.34. The van der Waals surface area contributed by atoms with Gasteiger partial charge in [-0.2, -0.15) is 8.42 Å². The Hall–Kier alpha value is -3.59. The van der Waals surface area contributed by atoms with Crippen LogP contribution in [-0.4, -0.2) is 46.0 Å². The summed E-state index contributed by atoms with van der Waals surface area (Å²) < 4.78 is 51.7. The highest BCUT2D eigenvalue weighted by molar-refractivity contribution is 7.87. The van der Waals surface area contributed by atoms with Crippen molar-refractivity contribution in [3.05, 3.63) is 83.7 Å². The number of halogens is 1. The summed E-state index contributed by atoms with van der Waals surface area (Å²) in [6.45, 7) is 9.73. The summed E-state index contributed by atoms with van der Waals surface area (Å²) in [6, 6.07) is 17.0. The molecule has 0 aliphatic heterocycles. The largest absolute Gasteiger partial charge is 0.497 e. The minimum absolute atomic E-state index is 0.0287. The highest BCUT2D eigenvalue weighted by Crippen LogP contribution is 2.31. The lowest BCUT2D eigenvalue weighted by Gasteiger charge is -2.27. The second-order valence-electron chi connectivity index (χ2n) is 9.24. The average Bonchev–Trinajstić information content (AvgIpc) is 2.89. The molecule has 0 aliphatic rings. The molecule has 1 amide bonds. The number of carbonyl (C=O) groups is 1. The van der Waals surface area contributed by atoms with Crippen molar-refractivity contribution in [1.29, 1.82) is 0 Å². The van der Waals surface area contributed by atoms with Gasteiger partial charge in [0.2, 0.25) is 0 Å². The molecule has 0 heterocycles. The first-order chi connectivity index (χ1) is 18.1. The minimum Gasteiger partial charge on any atom is -0.497 e. The maximum absolute atomic E-state index is 14.5. The van der Waals surface area contributed by atoms with Crippen LogP contribution in [0.15, 0.2) is 71.6 Å². The van der Waals surface area contributed by atoms with E-state index >= 15 is 0 Å². The molecule has 0 radical (unpaired) electrons. The van der Waals surface area contributed by atoms with Gasteiger partial charge in [0.1, 0.15) is 22.2 Å². The number of methoxy groups -OCH3 is 1. The molecule has 3 aromatic carbocycles. The van der Waals surface area contributed by atoms with E-state index in [1.165, 1.54) is 42.3 Å². The van der Waals surface area contributed by atoms with E-state index in [1.54, 1.807) is 30.3 Å². The van der Waals surface area contributed by atoms with E-state index in [1.807, 2.05) is 33.8 Å². The second kappa shape index (κ2) is 12.8. The van der Waals surface area contributed by atoms with Crippen molar-refractivity contribution in [3.63, 3.8) is 0 Å². The minimum atomic E-state index is -4.19. The molecule has 0 unspecified atom stereocenters. The fourth-order valence-electron chi connectivity index (χ4n) is 4.12. The van der Waals surface area contributed by atoms with Crippen molar-refractivity contribution in [2.24, 2.45) is 5.92 Å². The van der Waals surface area contributed by atoms with Crippen molar-refractivity contribution in [2.75, 3.05) is 31.6 Å². The smallest absolute Gasteiger partial charge is 0.339 e. The fraction of sp³-hybridized carbons (Fsp3) is 0.345. The summed E-state index contributed by atoms with van der Waals surface area (Å²) in [4.78, 5) is 16.9. The molecule has 0 saturated heterocycles. The van der Waals surface area contributed by atoms with Crippen LogP contribution in [0.5, 0.6) is 11.5 Å². The molecule has 38 heavy (non-hydrogen) atoms. The van der Waals surface area contributed by atoms with E-state index in [4.69, 9.17) is 8.92 Å². The fourth-order valence-corrected chi connectivity index (χ4v) is 5.07. The predicted octanol–water partition coefficient (Wildman–Crippen LogP) is 5.75. The Balaban J connectivity index is 2.04. The van der Waals surface area contributed by atoms with E-state index in [9.17, 15) is 17.6 Å². The Morgan fingerprint density at radius 2 is 1.63 bits per heavy atom. The highest BCUT2D eigenvalue weighted by Gasteiger charge is 2.24. The molecule has 204 valence electrons. The third-order valence-electron chi connectivity index (χ3n) is 6.07. The van der Waals surface area contributed by atoms with Crippen molar-refractivity contribution in [2.45, 2.75) is 39.1 Å². The maximum atomic E-state index is 14.5. The molecule has 0 atom stereocenters. The van der Waals surface area contributed by atoms with Gasteiger partial charge in [-0.25, -0.2) is 4.39 Å². The zero-order valence-electron chi connectivity index (χ0n) is 22.5. The van der Waals surface area contributed by atoms with Crippen LogP contribution in [0.2, 0.25) is 0 Å². The predicted molar refractivity (Wildman–Crippen MR) is 147 cm³/mol. The van der Waals surface area contributed by atoms with Crippen molar-refractivity contribution < 1.29 is 26.5 Å². The van der Waals surface area contributed by atoms with Crippen molar-refractivity contribution in [3.8, 4) is 11.5 Å². The topological polar surface area (TPSA) is 76.2 Å². The molecule has 0 N–H and O–H groups in total. The van der Waals surface area contributed by atoms with Crippen molar-refractivity contribution >= 4 is 21.7 Å². The first-order valence-corrected chi connectivity index (χ1v) is 14.0. The number of rotatable bonds is 12. The number of nitrogens with zero attached hydrogens (tertiary/aromatic N) is 2. The molecule has 0 aliphatic carbocycles. The molecule has 3 rings (SSSR count). The number of carbonyl (C=O) groups excluding carboxylic acids is 1. The molecule has 0 aromatic heterocycles. The van der Waals surface area contributed by atoms with Gasteiger partial charge >= 0.3 is 10.1 Å². The first kappa shape index (κ1) is 29.0. The average molecular weight is 543 g/mol. The number of anilines is 1. The Morgan fingerprint density at radius 3 is 2.21 bits per heavy atom. The Morgan fingerprint density at radius 1 is 0.974 bits per heavy atom. The Labute approximate surface area is 224 Å². The van der Waals surface area contributed by atoms with Gasteiger partial charge in [0, 0.05) is 43.5 Å². The van der Waals surface area contributed by atoms with Crippen molar-refractivity contribution in [1.82, 2.24) is 4.90 Å². The van der Waals surface area contributed by atoms with Crippen LogP contribution < -0.4 is 13.8 Å². The van der Waals surface area contributed by atoms with Crippen LogP contribution in [0, 0.1) is 11.7 Å². The van der Waals surface area contributed by atoms with Crippen LogP contribution in [0.25, 0.3) is 0 Å². The monoisotopic (exact) mass is 542 g/mol. The van der Waals surface area contributed by atoms with Crippen LogP contribution in [-0.2, 0) is 16.7 Å². The SMILES string of the molecule is CCN(CC)c1ccc(CN(CC(C)C)C(=O)c2ccccc2F)c(OS(=O)(=O)c2ccc(OC)cc2)c1. The lowest BCUT2D eigenvalue weighted by atomic mass is 10.1. The molecular formula is C29H35FN2O5S. The third kappa shape index (κ3) is 7.04. The van der Waals surface area contributed by atoms with Gasteiger partial charge in [-0.3, -0.25) is 4.79 Å². The summed E-state index contributed by atoms with van der Waals surface area (Å²) >= 11 is 0. The van der Waals surface area contributed by atoms with E-state index in [2.05, 4.69) is 4.90 Å². The van der Waals surface area contributed by atoms with E-state index in [0.717, 1.165) is 5.69 Å². The number of benzene rings is 3. The number of hydrogen-bond acceptors (Lipinski definition) is 6. The summed E-state index contributed by atoms with van der Waals surface area (Å²) in [5.41, 5.74) is 1.24.